The van der Waals surface area contributed by atoms with Crippen molar-refractivity contribution < 1.29 is 0 Å². The molecular weight excluding hydrogens is 642 g/mol. The van der Waals surface area contributed by atoms with E-state index in [2.05, 4.69) is 187 Å². The summed E-state index contributed by atoms with van der Waals surface area (Å²) in [5.74, 6) is 0. The Balaban J connectivity index is 1.46. The van der Waals surface area contributed by atoms with Crippen molar-refractivity contribution in [3.63, 3.8) is 0 Å². The molecule has 0 aliphatic carbocycles. The summed E-state index contributed by atoms with van der Waals surface area (Å²) in [5, 5.41) is 2.72. The number of para-hydroxylation sites is 2. The highest BCUT2D eigenvalue weighted by atomic mass is 31.1. The lowest BCUT2D eigenvalue weighted by atomic mass is 9.91. The summed E-state index contributed by atoms with van der Waals surface area (Å²) < 4.78 is 0. The summed E-state index contributed by atoms with van der Waals surface area (Å²) in [6.07, 6.45) is 1.93. The van der Waals surface area contributed by atoms with Crippen LogP contribution in [0.1, 0.15) is 52.7 Å². The summed E-state index contributed by atoms with van der Waals surface area (Å²) in [6.45, 7) is 14.6. The minimum Gasteiger partial charge on any atom is -0.248 e. The lowest BCUT2D eigenvalue weighted by molar-refractivity contribution is 0.702. The molecule has 0 N–H and O–H groups in total. The molecule has 250 valence electrons. The largest absolute Gasteiger partial charge is 0.248 e. The SMILES string of the molecule is CC(C)(C)P(Cc1cc(-c2ccccc2)c(-c2ccccc2)cc1CP(c1ccc2ccccc2n1)c1ccc2ccccc2n1)C(C)(C)C. The third kappa shape index (κ3) is 7.44. The summed E-state index contributed by atoms with van der Waals surface area (Å²) in [7, 11) is -1.32. The number of nitrogens with zero attached hydrogens (tertiary/aromatic N) is 2. The average Bonchev–Trinajstić information content (AvgIpc) is 3.12. The molecule has 50 heavy (non-hydrogen) atoms. The Morgan fingerprint density at radius 2 is 0.840 bits per heavy atom. The van der Waals surface area contributed by atoms with Gasteiger partial charge in [-0.05, 0) is 86.3 Å². The van der Waals surface area contributed by atoms with Gasteiger partial charge in [0, 0.05) is 24.9 Å². The van der Waals surface area contributed by atoms with Gasteiger partial charge in [-0.15, -0.1) is 0 Å². The summed E-state index contributed by atoms with van der Waals surface area (Å²) in [6, 6.07) is 52.8. The van der Waals surface area contributed by atoms with Crippen LogP contribution in [0.4, 0.5) is 0 Å². The van der Waals surface area contributed by atoms with E-state index in [1.807, 2.05) is 0 Å². The molecule has 0 unspecified atom stereocenters. The second-order valence-electron chi connectivity index (χ2n) is 15.1. The average molecular weight is 689 g/mol. The molecule has 0 radical (unpaired) electrons. The quantitative estimate of drug-likeness (QED) is 0.149. The van der Waals surface area contributed by atoms with Crippen molar-refractivity contribution in [1.29, 1.82) is 0 Å². The molecule has 2 nitrogen and oxygen atoms in total. The molecule has 0 bridgehead atoms. The van der Waals surface area contributed by atoms with Crippen LogP contribution in [0.25, 0.3) is 44.1 Å². The van der Waals surface area contributed by atoms with Crippen LogP contribution >= 0.6 is 15.8 Å². The summed E-state index contributed by atoms with van der Waals surface area (Å²) in [5.41, 5.74) is 12.2. The number of aromatic nitrogens is 2. The molecular formula is C46H46N2P2. The molecule has 7 rings (SSSR count). The zero-order valence-corrected chi connectivity index (χ0v) is 31.8. The topological polar surface area (TPSA) is 25.8 Å². The summed E-state index contributed by atoms with van der Waals surface area (Å²) in [4.78, 5) is 10.7. The Morgan fingerprint density at radius 3 is 1.28 bits per heavy atom. The first kappa shape index (κ1) is 34.2. The first-order valence-corrected chi connectivity index (χ1v) is 20.6. The normalized spacial score (nSPS) is 12.3. The molecule has 0 aliphatic heterocycles. The predicted octanol–water partition coefficient (Wildman–Crippen LogP) is 12.3. The highest BCUT2D eigenvalue weighted by Crippen LogP contribution is 2.62. The Bertz CT molecular complexity index is 2160. The maximum atomic E-state index is 5.34. The van der Waals surface area contributed by atoms with Gasteiger partial charge in [0.15, 0.2) is 0 Å². The fraction of sp³-hybridized carbons (Fsp3) is 0.217. The first-order chi connectivity index (χ1) is 24.0. The fourth-order valence-corrected chi connectivity index (χ4v) is 13.0. The predicted molar refractivity (Wildman–Crippen MR) is 221 cm³/mol. The van der Waals surface area contributed by atoms with Crippen LogP contribution < -0.4 is 10.9 Å². The molecule has 0 saturated carbocycles. The maximum absolute atomic E-state index is 5.34. The second kappa shape index (κ2) is 14.2. The van der Waals surface area contributed by atoms with Crippen molar-refractivity contribution >= 4 is 48.5 Å². The number of benzene rings is 5. The minimum atomic E-state index is -0.931. The van der Waals surface area contributed by atoms with Crippen molar-refractivity contribution in [2.75, 3.05) is 0 Å². The Morgan fingerprint density at radius 1 is 0.440 bits per heavy atom. The molecule has 0 atom stereocenters. The van der Waals surface area contributed by atoms with Crippen molar-refractivity contribution in [3.05, 3.63) is 157 Å². The molecule has 0 saturated heterocycles. The van der Waals surface area contributed by atoms with Crippen LogP contribution in [-0.4, -0.2) is 20.3 Å². The molecule has 2 aromatic heterocycles. The Hall–Kier alpha value is -4.22. The zero-order chi connectivity index (χ0) is 34.9. The molecule has 2 heterocycles. The van der Waals surface area contributed by atoms with Gasteiger partial charge in [-0.25, -0.2) is 9.97 Å². The van der Waals surface area contributed by atoms with Gasteiger partial charge in [-0.1, -0.05) is 159 Å². The smallest absolute Gasteiger partial charge is 0.0709 e. The minimum absolute atomic E-state index is 0.195. The summed E-state index contributed by atoms with van der Waals surface area (Å²) >= 11 is 0. The third-order valence-electron chi connectivity index (χ3n) is 9.51. The molecule has 0 aliphatic rings. The van der Waals surface area contributed by atoms with Crippen molar-refractivity contribution in [2.24, 2.45) is 0 Å². The van der Waals surface area contributed by atoms with E-state index in [4.69, 9.17) is 9.97 Å². The van der Waals surface area contributed by atoms with Crippen LogP contribution in [0.2, 0.25) is 0 Å². The maximum Gasteiger partial charge on any atom is 0.0709 e. The fourth-order valence-electron chi connectivity index (χ4n) is 7.21. The van der Waals surface area contributed by atoms with Gasteiger partial charge < -0.3 is 0 Å². The number of hydrogen-bond donors (Lipinski definition) is 0. The number of fused-ring (bicyclic) bond motifs is 2. The lowest BCUT2D eigenvalue weighted by Crippen LogP contribution is -2.26. The van der Waals surface area contributed by atoms with Crippen molar-refractivity contribution in [2.45, 2.75) is 64.2 Å². The molecule has 0 fully saturated rings. The molecule has 4 heteroatoms. The number of hydrogen-bond acceptors (Lipinski definition) is 2. The van der Waals surface area contributed by atoms with Gasteiger partial charge in [0.1, 0.15) is 0 Å². The van der Waals surface area contributed by atoms with Crippen molar-refractivity contribution in [3.8, 4) is 22.3 Å². The van der Waals surface area contributed by atoms with Gasteiger partial charge in [0.05, 0.1) is 21.9 Å². The van der Waals surface area contributed by atoms with E-state index in [0.29, 0.717) is 0 Å². The van der Waals surface area contributed by atoms with Gasteiger partial charge in [0.25, 0.3) is 0 Å². The molecule has 7 aromatic rings. The van der Waals surface area contributed by atoms with Crippen molar-refractivity contribution in [1.82, 2.24) is 9.97 Å². The second-order valence-corrected chi connectivity index (χ2v) is 21.1. The highest BCUT2D eigenvalue weighted by Gasteiger charge is 2.35. The van der Waals surface area contributed by atoms with E-state index in [9.17, 15) is 0 Å². The Labute approximate surface area is 300 Å². The monoisotopic (exact) mass is 688 g/mol. The van der Waals surface area contributed by atoms with Crippen LogP contribution in [0, 0.1) is 0 Å². The van der Waals surface area contributed by atoms with E-state index < -0.39 is 7.92 Å². The van der Waals surface area contributed by atoms with Gasteiger partial charge in [0.2, 0.25) is 0 Å². The lowest BCUT2D eigenvalue weighted by Gasteiger charge is -2.42. The zero-order valence-electron chi connectivity index (χ0n) is 30.1. The van der Waals surface area contributed by atoms with Crippen LogP contribution in [0.3, 0.4) is 0 Å². The highest BCUT2D eigenvalue weighted by molar-refractivity contribution is 7.71. The van der Waals surface area contributed by atoms with Gasteiger partial charge in [-0.3, -0.25) is 0 Å². The van der Waals surface area contributed by atoms with Gasteiger partial charge in [-0.2, -0.15) is 0 Å². The standard InChI is InChI=1S/C46H46N2P2/c1-45(2,3)50(46(4,5)6)32-38-30-40(34-19-11-8-12-20-34)39(33-17-9-7-10-18-33)29-37(38)31-49(43-27-25-35-21-13-15-23-41(35)47-43)44-28-26-36-22-14-16-24-42(36)48-44/h7-30H,31-32H2,1-6H3. The van der Waals surface area contributed by atoms with E-state index in [1.165, 1.54) is 33.4 Å². The molecule has 5 aromatic carbocycles. The Kier molecular flexibility index (Phi) is 9.72. The number of pyridine rings is 2. The van der Waals surface area contributed by atoms with E-state index in [1.54, 1.807) is 0 Å². The van der Waals surface area contributed by atoms with E-state index in [-0.39, 0.29) is 18.2 Å². The van der Waals surface area contributed by atoms with E-state index >= 15 is 0 Å². The molecule has 0 spiro atoms. The first-order valence-electron chi connectivity index (χ1n) is 17.6. The molecule has 0 amide bonds. The van der Waals surface area contributed by atoms with Crippen LogP contribution in [0.5, 0.6) is 0 Å². The van der Waals surface area contributed by atoms with Gasteiger partial charge >= 0.3 is 0 Å². The third-order valence-corrected chi connectivity index (χ3v) is 15.7. The van der Waals surface area contributed by atoms with Crippen LogP contribution in [0.15, 0.2) is 146 Å². The van der Waals surface area contributed by atoms with E-state index in [0.717, 1.165) is 45.0 Å². The van der Waals surface area contributed by atoms with Crippen LogP contribution in [-0.2, 0) is 12.3 Å². The number of rotatable bonds is 8.